The van der Waals surface area contributed by atoms with E-state index in [1.165, 1.54) is 5.56 Å². The molecule has 1 aromatic heterocycles. The number of rotatable bonds is 6. The van der Waals surface area contributed by atoms with Crippen molar-refractivity contribution in [1.29, 1.82) is 0 Å². The number of nitrogens with zero attached hydrogens (tertiary/aromatic N) is 1. The lowest BCUT2D eigenvalue weighted by Crippen LogP contribution is -2.19. The van der Waals surface area contributed by atoms with Gasteiger partial charge in [-0.2, -0.15) is 0 Å². The fourth-order valence-electron chi connectivity index (χ4n) is 2.43. The molecule has 0 saturated heterocycles. The third kappa shape index (κ3) is 5.22. The van der Waals surface area contributed by atoms with E-state index in [1.54, 1.807) is 49.7 Å². The molecule has 0 radical (unpaired) electrons. The van der Waals surface area contributed by atoms with E-state index in [0.29, 0.717) is 23.1 Å². The number of ether oxygens (including phenoxy) is 2. The molecule has 138 valence electrons. The normalized spacial score (nSPS) is 10.1. The van der Waals surface area contributed by atoms with Crippen LogP contribution in [-0.4, -0.2) is 18.1 Å². The molecule has 3 aromatic rings. The van der Waals surface area contributed by atoms with Gasteiger partial charge in [-0.1, -0.05) is 19.1 Å². The molecule has 6 heteroatoms. The summed E-state index contributed by atoms with van der Waals surface area (Å²) in [5.41, 5.74) is 2.64. The van der Waals surface area contributed by atoms with Crippen LogP contribution in [0.3, 0.4) is 0 Å². The predicted molar refractivity (Wildman–Crippen MR) is 106 cm³/mol. The number of hydrogen-bond donors (Lipinski definition) is 2. The van der Waals surface area contributed by atoms with Gasteiger partial charge in [0.2, 0.25) is 5.88 Å². The molecular weight excluding hydrogens is 342 g/mol. The Kier molecular flexibility index (Phi) is 5.89. The molecule has 0 aliphatic rings. The van der Waals surface area contributed by atoms with Crippen LogP contribution in [0, 0.1) is 0 Å². The molecule has 0 fully saturated rings. The standard InChI is InChI=1S/C21H21N3O3/c1-3-15-4-6-16(7-5-15)23-21(25)24-17-8-10-18(11-9-17)27-19-12-13-22-20(14-19)26-2/h4-14H,3H2,1-2H3,(H2,23,24,25). The van der Waals surface area contributed by atoms with Crippen LogP contribution in [0.15, 0.2) is 66.9 Å². The lowest BCUT2D eigenvalue weighted by Gasteiger charge is -2.10. The number of carbonyl (C=O) groups is 1. The van der Waals surface area contributed by atoms with Gasteiger partial charge in [-0.15, -0.1) is 0 Å². The summed E-state index contributed by atoms with van der Waals surface area (Å²) in [6.45, 7) is 2.09. The van der Waals surface area contributed by atoms with Gasteiger partial charge < -0.3 is 20.1 Å². The maximum atomic E-state index is 12.1. The molecule has 1 heterocycles. The van der Waals surface area contributed by atoms with Crippen molar-refractivity contribution >= 4 is 17.4 Å². The Morgan fingerprint density at radius 3 is 2.15 bits per heavy atom. The fourth-order valence-corrected chi connectivity index (χ4v) is 2.43. The molecule has 27 heavy (non-hydrogen) atoms. The maximum absolute atomic E-state index is 12.1. The minimum absolute atomic E-state index is 0.299. The van der Waals surface area contributed by atoms with Crippen molar-refractivity contribution in [2.75, 3.05) is 17.7 Å². The molecular formula is C21H21N3O3. The number of aromatic nitrogens is 1. The Bertz CT molecular complexity index is 893. The molecule has 0 saturated carbocycles. The van der Waals surface area contributed by atoms with Crippen LogP contribution in [0.25, 0.3) is 0 Å². The van der Waals surface area contributed by atoms with Gasteiger partial charge in [-0.3, -0.25) is 0 Å². The van der Waals surface area contributed by atoms with Gasteiger partial charge in [0, 0.05) is 23.6 Å². The van der Waals surface area contributed by atoms with Gasteiger partial charge in [0.05, 0.1) is 7.11 Å². The van der Waals surface area contributed by atoms with E-state index in [2.05, 4.69) is 22.5 Å². The second-order valence-electron chi connectivity index (χ2n) is 5.79. The van der Waals surface area contributed by atoms with Gasteiger partial charge in [-0.05, 0) is 54.4 Å². The van der Waals surface area contributed by atoms with Crippen molar-refractivity contribution in [3.8, 4) is 17.4 Å². The summed E-state index contributed by atoms with van der Waals surface area (Å²) in [6, 6.07) is 18.0. The summed E-state index contributed by atoms with van der Waals surface area (Å²) in [5.74, 6) is 1.75. The summed E-state index contributed by atoms with van der Waals surface area (Å²) in [4.78, 5) is 16.1. The maximum Gasteiger partial charge on any atom is 0.323 e. The third-order valence-electron chi connectivity index (χ3n) is 3.88. The Morgan fingerprint density at radius 1 is 0.926 bits per heavy atom. The van der Waals surface area contributed by atoms with E-state index in [9.17, 15) is 4.79 Å². The first-order valence-electron chi connectivity index (χ1n) is 8.61. The topological polar surface area (TPSA) is 72.5 Å². The van der Waals surface area contributed by atoms with Crippen molar-refractivity contribution in [1.82, 2.24) is 4.98 Å². The molecule has 0 bridgehead atoms. The van der Waals surface area contributed by atoms with Crippen molar-refractivity contribution in [2.24, 2.45) is 0 Å². The molecule has 6 nitrogen and oxygen atoms in total. The van der Waals surface area contributed by atoms with E-state index < -0.39 is 0 Å². The summed E-state index contributed by atoms with van der Waals surface area (Å²) in [7, 11) is 1.55. The van der Waals surface area contributed by atoms with Crippen molar-refractivity contribution in [3.05, 3.63) is 72.4 Å². The van der Waals surface area contributed by atoms with Crippen LogP contribution in [0.4, 0.5) is 16.2 Å². The summed E-state index contributed by atoms with van der Waals surface area (Å²) in [6.07, 6.45) is 2.58. The molecule has 0 aliphatic carbocycles. The van der Waals surface area contributed by atoms with Gasteiger partial charge in [-0.25, -0.2) is 9.78 Å². The predicted octanol–water partition coefficient (Wildman–Crippen LogP) is 5.09. The molecule has 0 spiro atoms. The number of benzene rings is 2. The summed E-state index contributed by atoms with van der Waals surface area (Å²) < 4.78 is 10.8. The average molecular weight is 363 g/mol. The largest absolute Gasteiger partial charge is 0.481 e. The number of methoxy groups -OCH3 is 1. The monoisotopic (exact) mass is 363 g/mol. The van der Waals surface area contributed by atoms with E-state index in [1.807, 2.05) is 24.3 Å². The van der Waals surface area contributed by atoms with E-state index in [0.717, 1.165) is 12.1 Å². The number of carbonyl (C=O) groups excluding carboxylic acids is 1. The summed E-state index contributed by atoms with van der Waals surface area (Å²) in [5, 5.41) is 5.60. The third-order valence-corrected chi connectivity index (χ3v) is 3.88. The highest BCUT2D eigenvalue weighted by atomic mass is 16.5. The van der Waals surface area contributed by atoms with Gasteiger partial charge in [0.15, 0.2) is 0 Å². The average Bonchev–Trinajstić information content (AvgIpc) is 2.70. The van der Waals surface area contributed by atoms with Gasteiger partial charge in [0.1, 0.15) is 11.5 Å². The Balaban J connectivity index is 1.57. The molecule has 0 atom stereocenters. The Morgan fingerprint density at radius 2 is 1.56 bits per heavy atom. The number of urea groups is 1. The van der Waals surface area contributed by atoms with Crippen LogP contribution in [-0.2, 0) is 6.42 Å². The first kappa shape index (κ1) is 18.3. The van der Waals surface area contributed by atoms with E-state index in [4.69, 9.17) is 9.47 Å². The van der Waals surface area contributed by atoms with Gasteiger partial charge >= 0.3 is 6.03 Å². The lowest BCUT2D eigenvalue weighted by atomic mass is 10.1. The van der Waals surface area contributed by atoms with Crippen LogP contribution < -0.4 is 20.1 Å². The molecule has 0 unspecified atom stereocenters. The van der Waals surface area contributed by atoms with E-state index >= 15 is 0 Å². The zero-order valence-electron chi connectivity index (χ0n) is 15.2. The van der Waals surface area contributed by atoms with Crippen LogP contribution in [0.1, 0.15) is 12.5 Å². The number of anilines is 2. The first-order valence-corrected chi connectivity index (χ1v) is 8.61. The summed E-state index contributed by atoms with van der Waals surface area (Å²) >= 11 is 0. The molecule has 0 aliphatic heterocycles. The number of hydrogen-bond acceptors (Lipinski definition) is 4. The van der Waals surface area contributed by atoms with Crippen molar-refractivity contribution in [2.45, 2.75) is 13.3 Å². The molecule has 2 aromatic carbocycles. The molecule has 3 rings (SSSR count). The van der Waals surface area contributed by atoms with Crippen molar-refractivity contribution in [3.63, 3.8) is 0 Å². The van der Waals surface area contributed by atoms with Crippen molar-refractivity contribution < 1.29 is 14.3 Å². The van der Waals surface area contributed by atoms with Crippen LogP contribution >= 0.6 is 0 Å². The smallest absolute Gasteiger partial charge is 0.323 e. The zero-order chi connectivity index (χ0) is 19.1. The second kappa shape index (κ2) is 8.71. The first-order chi connectivity index (χ1) is 13.2. The minimum atomic E-state index is -0.299. The highest BCUT2D eigenvalue weighted by molar-refractivity contribution is 5.99. The minimum Gasteiger partial charge on any atom is -0.481 e. The highest BCUT2D eigenvalue weighted by Gasteiger charge is 2.04. The number of nitrogens with one attached hydrogen (secondary N) is 2. The Hall–Kier alpha value is -3.54. The van der Waals surface area contributed by atoms with Crippen LogP contribution in [0.5, 0.6) is 17.4 Å². The Labute approximate surface area is 158 Å². The highest BCUT2D eigenvalue weighted by Crippen LogP contribution is 2.25. The van der Waals surface area contributed by atoms with E-state index in [-0.39, 0.29) is 6.03 Å². The lowest BCUT2D eigenvalue weighted by molar-refractivity contribution is 0.262. The molecule has 2 N–H and O–H groups in total. The fraction of sp³-hybridized carbons (Fsp3) is 0.143. The second-order valence-corrected chi connectivity index (χ2v) is 5.79. The number of pyridine rings is 1. The van der Waals surface area contributed by atoms with Gasteiger partial charge in [0.25, 0.3) is 0 Å². The zero-order valence-corrected chi connectivity index (χ0v) is 15.2. The molecule has 2 amide bonds. The SMILES string of the molecule is CCc1ccc(NC(=O)Nc2ccc(Oc3ccnc(OC)c3)cc2)cc1. The van der Waals surface area contributed by atoms with Crippen LogP contribution in [0.2, 0.25) is 0 Å². The number of aryl methyl sites for hydroxylation is 1. The quantitative estimate of drug-likeness (QED) is 0.640. The number of amides is 2.